The van der Waals surface area contributed by atoms with E-state index in [9.17, 15) is 0 Å². The second kappa shape index (κ2) is 5.97. The zero-order chi connectivity index (χ0) is 12.1. The van der Waals surface area contributed by atoms with Crippen LogP contribution in [0.3, 0.4) is 0 Å². The zero-order valence-corrected chi connectivity index (χ0v) is 11.3. The van der Waals surface area contributed by atoms with Gasteiger partial charge in [-0.2, -0.15) is 0 Å². The molecule has 92 valence electrons. The largest absolute Gasteiger partial charge is 0.424 e. The SMILES string of the molecule is CCNc1nnc(SCc2nnc(CC)o2)s1. The summed E-state index contributed by atoms with van der Waals surface area (Å²) < 4.78 is 6.31. The molecule has 0 saturated carbocycles. The van der Waals surface area contributed by atoms with Crippen LogP contribution < -0.4 is 5.32 Å². The van der Waals surface area contributed by atoms with Crippen LogP contribution >= 0.6 is 23.1 Å². The summed E-state index contributed by atoms with van der Waals surface area (Å²) in [4.78, 5) is 0. The fourth-order valence-corrected chi connectivity index (χ4v) is 2.76. The maximum absolute atomic E-state index is 5.41. The van der Waals surface area contributed by atoms with Gasteiger partial charge in [-0.05, 0) is 6.92 Å². The number of rotatable bonds is 6. The molecule has 0 unspecified atom stereocenters. The Bertz CT molecular complexity index is 469. The summed E-state index contributed by atoms with van der Waals surface area (Å²) in [5, 5.41) is 19.9. The van der Waals surface area contributed by atoms with Gasteiger partial charge < -0.3 is 9.73 Å². The summed E-state index contributed by atoms with van der Waals surface area (Å²) in [6.45, 7) is 4.86. The molecular weight excluding hydrogens is 258 g/mol. The number of aromatic nitrogens is 4. The summed E-state index contributed by atoms with van der Waals surface area (Å²) >= 11 is 3.08. The van der Waals surface area contributed by atoms with E-state index in [1.54, 1.807) is 11.8 Å². The van der Waals surface area contributed by atoms with Crippen LogP contribution in [0.25, 0.3) is 0 Å². The molecule has 0 saturated heterocycles. The van der Waals surface area contributed by atoms with E-state index in [4.69, 9.17) is 4.42 Å². The highest BCUT2D eigenvalue weighted by molar-refractivity contribution is 8.00. The Morgan fingerprint density at radius 3 is 2.71 bits per heavy atom. The quantitative estimate of drug-likeness (QED) is 0.807. The molecule has 0 aromatic carbocycles. The topological polar surface area (TPSA) is 76.7 Å². The molecule has 0 aliphatic heterocycles. The highest BCUT2D eigenvalue weighted by Gasteiger charge is 2.08. The monoisotopic (exact) mass is 271 g/mol. The second-order valence-corrected chi connectivity index (χ2v) is 5.34. The highest BCUT2D eigenvalue weighted by atomic mass is 32.2. The maximum atomic E-state index is 5.41. The van der Waals surface area contributed by atoms with Gasteiger partial charge in [-0.15, -0.1) is 20.4 Å². The molecule has 0 amide bonds. The summed E-state index contributed by atoms with van der Waals surface area (Å²) in [7, 11) is 0. The number of nitrogens with zero attached hydrogens (tertiary/aromatic N) is 4. The van der Waals surface area contributed by atoms with Gasteiger partial charge in [0.25, 0.3) is 0 Å². The van der Waals surface area contributed by atoms with Crippen molar-refractivity contribution in [3.63, 3.8) is 0 Å². The van der Waals surface area contributed by atoms with Crippen molar-refractivity contribution in [2.45, 2.75) is 30.4 Å². The molecule has 0 aliphatic carbocycles. The lowest BCUT2D eigenvalue weighted by molar-refractivity contribution is 0.470. The summed E-state index contributed by atoms with van der Waals surface area (Å²) in [6, 6.07) is 0. The van der Waals surface area contributed by atoms with Gasteiger partial charge >= 0.3 is 0 Å². The van der Waals surface area contributed by atoms with Crippen LogP contribution in [0.1, 0.15) is 25.6 Å². The fraction of sp³-hybridized carbons (Fsp3) is 0.556. The van der Waals surface area contributed by atoms with E-state index in [1.807, 2.05) is 13.8 Å². The van der Waals surface area contributed by atoms with Crippen LogP contribution in [-0.4, -0.2) is 26.9 Å². The van der Waals surface area contributed by atoms with Crippen LogP contribution in [0.2, 0.25) is 0 Å². The number of anilines is 1. The third-order valence-electron chi connectivity index (χ3n) is 1.86. The lowest BCUT2D eigenvalue weighted by atomic mass is 10.5. The molecule has 2 heterocycles. The normalized spacial score (nSPS) is 10.7. The van der Waals surface area contributed by atoms with E-state index in [0.717, 1.165) is 22.4 Å². The van der Waals surface area contributed by atoms with Crippen molar-refractivity contribution < 1.29 is 4.42 Å². The average Bonchev–Trinajstić information content (AvgIpc) is 2.95. The molecular formula is C9H13N5OS2. The van der Waals surface area contributed by atoms with Crippen molar-refractivity contribution in [3.05, 3.63) is 11.8 Å². The Labute approximate surface area is 107 Å². The van der Waals surface area contributed by atoms with Crippen molar-refractivity contribution in [1.29, 1.82) is 0 Å². The molecule has 0 atom stereocenters. The average molecular weight is 271 g/mol. The van der Waals surface area contributed by atoms with E-state index >= 15 is 0 Å². The van der Waals surface area contributed by atoms with Crippen LogP contribution in [0.5, 0.6) is 0 Å². The van der Waals surface area contributed by atoms with Crippen LogP contribution in [0.4, 0.5) is 5.13 Å². The Kier molecular flexibility index (Phi) is 4.32. The second-order valence-electron chi connectivity index (χ2n) is 3.14. The first-order valence-corrected chi connectivity index (χ1v) is 7.13. The van der Waals surface area contributed by atoms with Crippen molar-refractivity contribution in [1.82, 2.24) is 20.4 Å². The maximum Gasteiger partial charge on any atom is 0.226 e. The molecule has 2 rings (SSSR count). The fourth-order valence-electron chi connectivity index (χ4n) is 1.10. The predicted octanol–water partition coefficient (Wildman–Crippen LogP) is 2.21. The Balaban J connectivity index is 1.88. The minimum atomic E-state index is 0.632. The van der Waals surface area contributed by atoms with Gasteiger partial charge in [0.15, 0.2) is 4.34 Å². The molecule has 17 heavy (non-hydrogen) atoms. The molecule has 6 nitrogen and oxygen atoms in total. The third kappa shape index (κ3) is 3.40. The van der Waals surface area contributed by atoms with Gasteiger partial charge in [0, 0.05) is 13.0 Å². The van der Waals surface area contributed by atoms with Gasteiger partial charge in [0.1, 0.15) is 0 Å². The van der Waals surface area contributed by atoms with Crippen molar-refractivity contribution >= 4 is 28.2 Å². The lowest BCUT2D eigenvalue weighted by Crippen LogP contribution is -1.94. The van der Waals surface area contributed by atoms with Gasteiger partial charge in [-0.3, -0.25) is 0 Å². The van der Waals surface area contributed by atoms with Crippen molar-refractivity contribution in [2.24, 2.45) is 0 Å². The minimum Gasteiger partial charge on any atom is -0.424 e. The Morgan fingerprint density at radius 1 is 1.18 bits per heavy atom. The number of aryl methyl sites for hydroxylation is 1. The van der Waals surface area contributed by atoms with Crippen molar-refractivity contribution in [2.75, 3.05) is 11.9 Å². The molecule has 0 spiro atoms. The lowest BCUT2D eigenvalue weighted by Gasteiger charge is -1.92. The number of nitrogens with one attached hydrogen (secondary N) is 1. The Morgan fingerprint density at radius 2 is 2.00 bits per heavy atom. The van der Waals surface area contributed by atoms with Gasteiger partial charge in [-0.1, -0.05) is 30.0 Å². The first-order chi connectivity index (χ1) is 8.31. The van der Waals surface area contributed by atoms with Crippen LogP contribution in [0.15, 0.2) is 8.76 Å². The molecule has 2 aromatic rings. The first kappa shape index (κ1) is 12.3. The van der Waals surface area contributed by atoms with E-state index in [0.29, 0.717) is 17.5 Å². The summed E-state index contributed by atoms with van der Waals surface area (Å²) in [5.41, 5.74) is 0. The zero-order valence-electron chi connectivity index (χ0n) is 9.63. The Hall–Kier alpha value is -1.15. The predicted molar refractivity (Wildman–Crippen MR) is 67.3 cm³/mol. The summed E-state index contributed by atoms with van der Waals surface area (Å²) in [6.07, 6.45) is 0.765. The number of thioether (sulfide) groups is 1. The highest BCUT2D eigenvalue weighted by Crippen LogP contribution is 2.27. The van der Waals surface area contributed by atoms with Gasteiger partial charge in [0.05, 0.1) is 5.75 Å². The van der Waals surface area contributed by atoms with Gasteiger partial charge in [-0.25, -0.2) is 0 Å². The van der Waals surface area contributed by atoms with Gasteiger partial charge in [0.2, 0.25) is 16.9 Å². The molecule has 8 heteroatoms. The number of hydrogen-bond donors (Lipinski definition) is 1. The third-order valence-corrected chi connectivity index (χ3v) is 3.86. The minimum absolute atomic E-state index is 0.632. The van der Waals surface area contributed by atoms with E-state index in [-0.39, 0.29) is 0 Å². The molecule has 0 aliphatic rings. The first-order valence-electron chi connectivity index (χ1n) is 5.33. The molecule has 0 radical (unpaired) electrons. The molecule has 0 fully saturated rings. The smallest absolute Gasteiger partial charge is 0.226 e. The standard InChI is InChI=1S/C9H13N5OS2/c1-3-6-11-12-7(15-6)5-16-9-14-13-8(17-9)10-4-2/h3-5H2,1-2H3,(H,10,13). The molecule has 2 aromatic heterocycles. The van der Waals surface area contributed by atoms with E-state index in [1.165, 1.54) is 11.3 Å². The number of hydrogen-bond acceptors (Lipinski definition) is 8. The molecule has 1 N–H and O–H groups in total. The van der Waals surface area contributed by atoms with E-state index in [2.05, 4.69) is 25.7 Å². The molecule has 0 bridgehead atoms. The van der Waals surface area contributed by atoms with Crippen LogP contribution in [-0.2, 0) is 12.2 Å². The van der Waals surface area contributed by atoms with Crippen molar-refractivity contribution in [3.8, 4) is 0 Å². The summed E-state index contributed by atoms with van der Waals surface area (Å²) in [5.74, 6) is 1.94. The van der Waals surface area contributed by atoms with E-state index < -0.39 is 0 Å². The van der Waals surface area contributed by atoms with Crippen LogP contribution in [0, 0.1) is 0 Å².